The van der Waals surface area contributed by atoms with Crippen molar-refractivity contribution in [3.8, 4) is 5.75 Å². The van der Waals surface area contributed by atoms with E-state index in [2.05, 4.69) is 35.8 Å². The third-order valence-electron chi connectivity index (χ3n) is 5.66. The summed E-state index contributed by atoms with van der Waals surface area (Å²) in [7, 11) is -3.17. The summed E-state index contributed by atoms with van der Waals surface area (Å²) in [5.74, 6) is 2.94. The van der Waals surface area contributed by atoms with E-state index in [0.29, 0.717) is 35.1 Å². The molecule has 160 valence electrons. The minimum absolute atomic E-state index is 0.271. The van der Waals surface area contributed by atoms with Gasteiger partial charge in [0, 0.05) is 25.3 Å². The molecule has 1 saturated heterocycles. The highest BCUT2D eigenvalue weighted by molar-refractivity contribution is 7.90. The smallest absolute Gasteiger partial charge is 0.324 e. The summed E-state index contributed by atoms with van der Waals surface area (Å²) in [6.45, 7) is 8.89. The zero-order valence-electron chi connectivity index (χ0n) is 17.7. The van der Waals surface area contributed by atoms with Gasteiger partial charge < -0.3 is 14.2 Å². The first-order valence-corrected chi connectivity index (χ1v) is 12.1. The van der Waals surface area contributed by atoms with Crippen molar-refractivity contribution in [2.24, 2.45) is 11.8 Å². The molecule has 0 aliphatic carbocycles. The van der Waals surface area contributed by atoms with Gasteiger partial charge in [0.05, 0.1) is 11.5 Å². The number of nitrogens with zero attached hydrogens (tertiary/aromatic N) is 3. The summed E-state index contributed by atoms with van der Waals surface area (Å²) < 4.78 is 34.2. The normalized spacial score (nSPS) is 16.9. The van der Waals surface area contributed by atoms with Crippen molar-refractivity contribution in [3.05, 3.63) is 30.1 Å². The van der Waals surface area contributed by atoms with Crippen molar-refractivity contribution in [3.63, 3.8) is 0 Å². The Morgan fingerprint density at radius 1 is 1.17 bits per heavy atom. The topological polar surface area (TPSA) is 85.5 Å². The van der Waals surface area contributed by atoms with Gasteiger partial charge in [-0.3, -0.25) is 0 Å². The summed E-state index contributed by atoms with van der Waals surface area (Å²) in [4.78, 5) is 6.99. The Bertz CT molecular complexity index is 885. The van der Waals surface area contributed by atoms with E-state index in [9.17, 15) is 8.42 Å². The van der Waals surface area contributed by atoms with Gasteiger partial charge in [0.1, 0.15) is 5.75 Å². The zero-order chi connectivity index (χ0) is 21.0. The van der Waals surface area contributed by atoms with Crippen LogP contribution in [-0.4, -0.2) is 44.5 Å². The number of piperidine rings is 1. The van der Waals surface area contributed by atoms with E-state index >= 15 is 0 Å². The summed E-state index contributed by atoms with van der Waals surface area (Å²) in [5, 5.41) is 4.06. The van der Waals surface area contributed by atoms with Crippen LogP contribution in [0.1, 0.15) is 51.8 Å². The molecule has 1 aromatic carbocycles. The van der Waals surface area contributed by atoms with Crippen LogP contribution in [-0.2, 0) is 9.84 Å². The van der Waals surface area contributed by atoms with Crippen molar-refractivity contribution in [1.29, 1.82) is 0 Å². The predicted molar refractivity (Wildman–Crippen MR) is 112 cm³/mol. The van der Waals surface area contributed by atoms with Gasteiger partial charge in [0.25, 0.3) is 0 Å². The van der Waals surface area contributed by atoms with Crippen molar-refractivity contribution in [1.82, 2.24) is 10.1 Å². The number of sulfone groups is 1. The fraction of sp³-hybridized carbons (Fsp3) is 0.619. The number of ether oxygens (including phenoxy) is 1. The number of benzene rings is 1. The standard InChI is InChI=1S/C21H31N3O4S/c1-15(2)20-22-21(28-23-20)24-12-9-17(10-13-24)16(3)11-14-27-18-5-7-19(8-6-18)29(4,25)26/h5-8,15-17H,9-14H2,1-4H3. The second-order valence-electron chi connectivity index (χ2n) is 8.27. The number of hydrogen-bond donors (Lipinski definition) is 0. The lowest BCUT2D eigenvalue weighted by Crippen LogP contribution is -2.36. The van der Waals surface area contributed by atoms with Crippen LogP contribution in [0.3, 0.4) is 0 Å². The molecule has 2 aromatic rings. The molecule has 8 heteroatoms. The molecule has 29 heavy (non-hydrogen) atoms. The Hall–Kier alpha value is -2.09. The Morgan fingerprint density at radius 3 is 2.38 bits per heavy atom. The highest BCUT2D eigenvalue weighted by Gasteiger charge is 2.26. The van der Waals surface area contributed by atoms with E-state index in [1.54, 1.807) is 24.3 Å². The van der Waals surface area contributed by atoms with Gasteiger partial charge >= 0.3 is 6.01 Å². The average Bonchev–Trinajstić information content (AvgIpc) is 3.18. The molecular weight excluding hydrogens is 390 g/mol. The molecule has 0 spiro atoms. The third kappa shape index (κ3) is 5.72. The van der Waals surface area contributed by atoms with Crippen LogP contribution in [0, 0.1) is 11.8 Å². The van der Waals surface area contributed by atoms with Crippen molar-refractivity contribution >= 4 is 15.9 Å². The first-order chi connectivity index (χ1) is 13.7. The molecule has 7 nitrogen and oxygen atoms in total. The second-order valence-corrected chi connectivity index (χ2v) is 10.3. The summed E-state index contributed by atoms with van der Waals surface area (Å²) in [6, 6.07) is 7.25. The minimum Gasteiger partial charge on any atom is -0.494 e. The van der Waals surface area contributed by atoms with E-state index < -0.39 is 9.84 Å². The van der Waals surface area contributed by atoms with E-state index in [1.165, 1.54) is 6.26 Å². The van der Waals surface area contributed by atoms with Gasteiger partial charge in [-0.15, -0.1) is 0 Å². The molecule has 1 unspecified atom stereocenters. The molecule has 1 aliphatic rings. The van der Waals surface area contributed by atoms with Crippen LogP contribution in [0.2, 0.25) is 0 Å². The molecular formula is C21H31N3O4S. The molecule has 0 saturated carbocycles. The molecule has 0 radical (unpaired) electrons. The zero-order valence-corrected chi connectivity index (χ0v) is 18.5. The predicted octanol–water partition coefficient (Wildman–Crippen LogP) is 3.92. The molecule has 0 N–H and O–H groups in total. The lowest BCUT2D eigenvalue weighted by atomic mass is 9.84. The average molecular weight is 422 g/mol. The van der Waals surface area contributed by atoms with Gasteiger partial charge in [0.15, 0.2) is 15.7 Å². The fourth-order valence-corrected chi connectivity index (χ4v) is 4.26. The lowest BCUT2D eigenvalue weighted by Gasteiger charge is -2.33. The Balaban J connectivity index is 1.42. The molecule has 1 aliphatic heterocycles. The maximum Gasteiger partial charge on any atom is 0.324 e. The quantitative estimate of drug-likeness (QED) is 0.638. The first-order valence-electron chi connectivity index (χ1n) is 10.3. The summed E-state index contributed by atoms with van der Waals surface area (Å²) in [6.07, 6.45) is 4.38. The molecule has 1 aromatic heterocycles. The first kappa shape index (κ1) is 21.6. The van der Waals surface area contributed by atoms with Crippen LogP contribution < -0.4 is 9.64 Å². The van der Waals surface area contributed by atoms with Crippen molar-refractivity contribution in [2.75, 3.05) is 30.9 Å². The molecule has 3 rings (SSSR count). The van der Waals surface area contributed by atoms with E-state index in [0.717, 1.165) is 38.2 Å². The highest BCUT2D eigenvalue weighted by atomic mass is 32.2. The van der Waals surface area contributed by atoms with E-state index in [1.807, 2.05) is 0 Å². The van der Waals surface area contributed by atoms with Gasteiger partial charge in [-0.05, 0) is 55.4 Å². The van der Waals surface area contributed by atoms with Crippen LogP contribution in [0.25, 0.3) is 0 Å². The number of hydrogen-bond acceptors (Lipinski definition) is 7. The minimum atomic E-state index is -3.17. The number of anilines is 1. The van der Waals surface area contributed by atoms with E-state index in [4.69, 9.17) is 9.26 Å². The largest absolute Gasteiger partial charge is 0.494 e. The maximum atomic E-state index is 11.5. The SMILES string of the molecule is CC(C)c1noc(N2CCC(C(C)CCOc3ccc(S(C)(=O)=O)cc3)CC2)n1. The second kappa shape index (κ2) is 9.15. The fourth-order valence-electron chi connectivity index (χ4n) is 3.63. The molecule has 2 heterocycles. The van der Waals surface area contributed by atoms with Gasteiger partial charge in [0.2, 0.25) is 0 Å². The lowest BCUT2D eigenvalue weighted by molar-refractivity contribution is 0.220. The van der Waals surface area contributed by atoms with Crippen molar-refractivity contribution in [2.45, 2.75) is 50.8 Å². The van der Waals surface area contributed by atoms with Gasteiger partial charge in [-0.25, -0.2) is 8.42 Å². The summed E-state index contributed by atoms with van der Waals surface area (Å²) in [5.41, 5.74) is 0. The molecule has 0 amide bonds. The van der Waals surface area contributed by atoms with Gasteiger partial charge in [-0.2, -0.15) is 4.98 Å². The number of aromatic nitrogens is 2. The van der Waals surface area contributed by atoms with Crippen molar-refractivity contribution < 1.29 is 17.7 Å². The maximum absolute atomic E-state index is 11.5. The number of rotatable bonds is 8. The Labute approximate surface area is 173 Å². The third-order valence-corrected chi connectivity index (χ3v) is 6.78. The summed E-state index contributed by atoms with van der Waals surface area (Å²) >= 11 is 0. The van der Waals surface area contributed by atoms with Crippen LogP contribution in [0.4, 0.5) is 6.01 Å². The monoisotopic (exact) mass is 421 g/mol. The van der Waals surface area contributed by atoms with Gasteiger partial charge in [-0.1, -0.05) is 25.9 Å². The molecule has 1 fully saturated rings. The van der Waals surface area contributed by atoms with Crippen LogP contribution in [0.15, 0.2) is 33.7 Å². The van der Waals surface area contributed by atoms with E-state index in [-0.39, 0.29) is 5.92 Å². The Kier molecular flexibility index (Phi) is 6.82. The molecule has 1 atom stereocenters. The van der Waals surface area contributed by atoms with Crippen LogP contribution in [0.5, 0.6) is 5.75 Å². The van der Waals surface area contributed by atoms with Crippen LogP contribution >= 0.6 is 0 Å². The highest BCUT2D eigenvalue weighted by Crippen LogP contribution is 2.29. The Morgan fingerprint density at radius 2 is 1.83 bits per heavy atom. The molecule has 0 bridgehead atoms.